The van der Waals surface area contributed by atoms with Crippen molar-refractivity contribution in [2.75, 3.05) is 12.8 Å². The summed E-state index contributed by atoms with van der Waals surface area (Å²) in [4.78, 5) is 11.2. The van der Waals surface area contributed by atoms with Crippen molar-refractivity contribution < 1.29 is 0 Å². The van der Waals surface area contributed by atoms with E-state index in [0.717, 1.165) is 41.4 Å². The van der Waals surface area contributed by atoms with Crippen LogP contribution in [0, 0.1) is 0 Å². The third-order valence-electron chi connectivity index (χ3n) is 4.41. The summed E-state index contributed by atoms with van der Waals surface area (Å²) in [7, 11) is 2.12. The Morgan fingerprint density at radius 3 is 2.50 bits per heavy atom. The average molecular weight is 343 g/mol. The van der Waals surface area contributed by atoms with Gasteiger partial charge >= 0.3 is 0 Å². The predicted molar refractivity (Wildman–Crippen MR) is 104 cm³/mol. The zero-order valence-electron chi connectivity index (χ0n) is 14.7. The van der Waals surface area contributed by atoms with Gasteiger partial charge in [0.2, 0.25) is 0 Å². The van der Waals surface area contributed by atoms with Gasteiger partial charge in [0.15, 0.2) is 0 Å². The molecule has 0 amide bonds. The topological polar surface area (TPSA) is 59.5 Å². The molecule has 0 atom stereocenters. The molecular formula is C21H21N5. The van der Waals surface area contributed by atoms with Crippen LogP contribution in [-0.2, 0) is 13.1 Å². The first kappa shape index (κ1) is 16.3. The van der Waals surface area contributed by atoms with E-state index in [9.17, 15) is 0 Å². The number of benzene rings is 1. The Morgan fingerprint density at radius 1 is 0.962 bits per heavy atom. The van der Waals surface area contributed by atoms with E-state index in [1.54, 1.807) is 12.4 Å². The van der Waals surface area contributed by atoms with E-state index in [2.05, 4.69) is 45.6 Å². The molecule has 4 rings (SSSR count). The van der Waals surface area contributed by atoms with Crippen molar-refractivity contribution in [1.82, 2.24) is 19.3 Å². The molecule has 0 aliphatic rings. The minimum Gasteiger partial charge on any atom is -0.398 e. The lowest BCUT2D eigenvalue weighted by Gasteiger charge is -2.17. The summed E-state index contributed by atoms with van der Waals surface area (Å²) in [6.07, 6.45) is 5.54. The molecule has 0 aliphatic heterocycles. The van der Waals surface area contributed by atoms with Crippen LogP contribution >= 0.6 is 0 Å². The smallest absolute Gasteiger partial charge is 0.137 e. The molecule has 0 saturated heterocycles. The minimum atomic E-state index is 0.725. The van der Waals surface area contributed by atoms with E-state index in [-0.39, 0.29) is 0 Å². The molecule has 3 aromatic heterocycles. The van der Waals surface area contributed by atoms with Crippen molar-refractivity contribution >= 4 is 11.3 Å². The highest BCUT2D eigenvalue weighted by Crippen LogP contribution is 2.26. The van der Waals surface area contributed by atoms with Crippen LogP contribution in [0.4, 0.5) is 5.69 Å². The fourth-order valence-corrected chi connectivity index (χ4v) is 3.21. The molecule has 0 aliphatic carbocycles. The first-order valence-corrected chi connectivity index (χ1v) is 8.60. The maximum Gasteiger partial charge on any atom is 0.137 e. The highest BCUT2D eigenvalue weighted by atomic mass is 15.1. The fourth-order valence-electron chi connectivity index (χ4n) is 3.21. The Labute approximate surface area is 152 Å². The maximum atomic E-state index is 6.02. The summed E-state index contributed by atoms with van der Waals surface area (Å²) in [5.41, 5.74) is 12.1. The first-order chi connectivity index (χ1) is 12.7. The second kappa shape index (κ2) is 6.98. The van der Waals surface area contributed by atoms with Crippen LogP contribution in [0.1, 0.15) is 11.3 Å². The summed E-state index contributed by atoms with van der Waals surface area (Å²) in [6.45, 7) is 1.63. The number of nitrogens with two attached hydrogens (primary N) is 1. The van der Waals surface area contributed by atoms with E-state index in [0.29, 0.717) is 0 Å². The van der Waals surface area contributed by atoms with Gasteiger partial charge in [-0.05, 0) is 36.9 Å². The standard InChI is InChI=1S/C21H21N5/c1-25(13-16-5-3-2-4-6-16)15-19-21(17-9-11-23-12-10-17)24-20-8-7-18(22)14-26(19)20/h2-12,14H,13,15,22H2,1H3. The number of imidazole rings is 1. The molecule has 1 aromatic carbocycles. The molecule has 4 aromatic rings. The molecule has 0 unspecified atom stereocenters. The number of anilines is 1. The van der Waals surface area contributed by atoms with Gasteiger partial charge < -0.3 is 10.1 Å². The monoisotopic (exact) mass is 343 g/mol. The number of pyridine rings is 2. The maximum absolute atomic E-state index is 6.02. The van der Waals surface area contributed by atoms with Crippen molar-refractivity contribution in [3.05, 3.63) is 84.4 Å². The third kappa shape index (κ3) is 3.30. The Hall–Kier alpha value is -3.18. The van der Waals surface area contributed by atoms with Gasteiger partial charge in [0, 0.05) is 42.9 Å². The molecule has 0 saturated carbocycles. The molecule has 3 heterocycles. The summed E-state index contributed by atoms with van der Waals surface area (Å²) in [5.74, 6) is 0. The first-order valence-electron chi connectivity index (χ1n) is 8.60. The number of hydrogen-bond acceptors (Lipinski definition) is 4. The van der Waals surface area contributed by atoms with Crippen molar-refractivity contribution in [2.24, 2.45) is 0 Å². The van der Waals surface area contributed by atoms with Gasteiger partial charge in [0.05, 0.1) is 11.4 Å². The highest BCUT2D eigenvalue weighted by Gasteiger charge is 2.16. The second-order valence-electron chi connectivity index (χ2n) is 6.49. The highest BCUT2D eigenvalue weighted by molar-refractivity contribution is 5.67. The molecule has 130 valence electrons. The van der Waals surface area contributed by atoms with Crippen LogP contribution in [-0.4, -0.2) is 26.3 Å². The van der Waals surface area contributed by atoms with Gasteiger partial charge in [-0.25, -0.2) is 4.98 Å². The Morgan fingerprint density at radius 2 is 1.73 bits per heavy atom. The lowest BCUT2D eigenvalue weighted by Crippen LogP contribution is -2.18. The number of fused-ring (bicyclic) bond motifs is 1. The minimum absolute atomic E-state index is 0.725. The summed E-state index contributed by atoms with van der Waals surface area (Å²) >= 11 is 0. The van der Waals surface area contributed by atoms with Gasteiger partial charge in [-0.3, -0.25) is 9.88 Å². The number of nitrogen functional groups attached to an aromatic ring is 1. The summed E-state index contributed by atoms with van der Waals surface area (Å²) in [5, 5.41) is 0. The molecule has 0 radical (unpaired) electrons. The van der Waals surface area contributed by atoms with Gasteiger partial charge in [-0.2, -0.15) is 0 Å². The van der Waals surface area contributed by atoms with Crippen molar-refractivity contribution in [1.29, 1.82) is 0 Å². The predicted octanol–water partition coefficient (Wildman–Crippen LogP) is 3.61. The van der Waals surface area contributed by atoms with Crippen molar-refractivity contribution in [2.45, 2.75) is 13.1 Å². The van der Waals surface area contributed by atoms with Crippen LogP contribution in [0.15, 0.2) is 73.2 Å². The second-order valence-corrected chi connectivity index (χ2v) is 6.49. The Kier molecular flexibility index (Phi) is 4.37. The molecule has 5 nitrogen and oxygen atoms in total. The lowest BCUT2D eigenvalue weighted by atomic mass is 10.1. The molecular weight excluding hydrogens is 322 g/mol. The van der Waals surface area contributed by atoms with Gasteiger partial charge in [0.25, 0.3) is 0 Å². The third-order valence-corrected chi connectivity index (χ3v) is 4.41. The molecule has 26 heavy (non-hydrogen) atoms. The number of aromatic nitrogens is 3. The van der Waals surface area contributed by atoms with Crippen LogP contribution < -0.4 is 5.73 Å². The largest absolute Gasteiger partial charge is 0.398 e. The van der Waals surface area contributed by atoms with Crippen LogP contribution in [0.5, 0.6) is 0 Å². The molecule has 5 heteroatoms. The van der Waals surface area contributed by atoms with Crippen LogP contribution in [0.25, 0.3) is 16.9 Å². The van der Waals surface area contributed by atoms with Gasteiger partial charge in [0.1, 0.15) is 5.65 Å². The Bertz CT molecular complexity index is 1010. The summed E-state index contributed by atoms with van der Waals surface area (Å²) < 4.78 is 2.09. The number of hydrogen-bond donors (Lipinski definition) is 1. The number of rotatable bonds is 5. The normalized spacial score (nSPS) is 11.3. The molecule has 0 fully saturated rings. The quantitative estimate of drug-likeness (QED) is 0.601. The summed E-state index contributed by atoms with van der Waals surface area (Å²) in [6, 6.07) is 18.3. The van der Waals surface area contributed by atoms with E-state index < -0.39 is 0 Å². The SMILES string of the molecule is CN(Cc1ccccc1)Cc1c(-c2ccncc2)nc2ccc(N)cn12. The van der Waals surface area contributed by atoms with Crippen LogP contribution in [0.2, 0.25) is 0 Å². The van der Waals surface area contributed by atoms with Crippen molar-refractivity contribution in [3.8, 4) is 11.3 Å². The number of nitrogens with zero attached hydrogens (tertiary/aromatic N) is 4. The van der Waals surface area contributed by atoms with Gasteiger partial charge in [-0.15, -0.1) is 0 Å². The van der Waals surface area contributed by atoms with E-state index >= 15 is 0 Å². The van der Waals surface area contributed by atoms with E-state index in [4.69, 9.17) is 10.7 Å². The van der Waals surface area contributed by atoms with E-state index in [1.165, 1.54) is 5.56 Å². The lowest BCUT2D eigenvalue weighted by molar-refractivity contribution is 0.314. The fraction of sp³-hybridized carbons (Fsp3) is 0.143. The molecule has 0 bridgehead atoms. The Balaban J connectivity index is 1.73. The van der Waals surface area contributed by atoms with Crippen molar-refractivity contribution in [3.63, 3.8) is 0 Å². The zero-order chi connectivity index (χ0) is 17.9. The van der Waals surface area contributed by atoms with Gasteiger partial charge in [-0.1, -0.05) is 30.3 Å². The zero-order valence-corrected chi connectivity index (χ0v) is 14.7. The molecule has 0 spiro atoms. The molecule has 2 N–H and O–H groups in total. The van der Waals surface area contributed by atoms with Crippen LogP contribution in [0.3, 0.4) is 0 Å². The average Bonchev–Trinajstić information content (AvgIpc) is 3.01. The van der Waals surface area contributed by atoms with E-state index in [1.807, 2.05) is 36.5 Å².